The van der Waals surface area contributed by atoms with Crippen molar-refractivity contribution in [2.24, 2.45) is 0 Å². The smallest absolute Gasteiger partial charge is 0.377 e. The lowest BCUT2D eigenvalue weighted by Crippen LogP contribution is -2.43. The van der Waals surface area contributed by atoms with Crippen LogP contribution in [0.3, 0.4) is 0 Å². The molecule has 0 aliphatic carbocycles. The van der Waals surface area contributed by atoms with E-state index in [1.807, 2.05) is 0 Å². The van der Waals surface area contributed by atoms with Gasteiger partial charge in [0.15, 0.2) is 0 Å². The fourth-order valence-electron chi connectivity index (χ4n) is 2.04. The Morgan fingerprint density at radius 1 is 1.16 bits per heavy atom. The van der Waals surface area contributed by atoms with E-state index in [9.17, 15) is 0 Å². The Hall–Kier alpha value is 0.0169. The molecule has 1 rings (SSSR count). The molecule has 0 bridgehead atoms. The zero-order valence-electron chi connectivity index (χ0n) is 12.6. The zero-order chi connectivity index (χ0) is 14.1. The summed E-state index contributed by atoms with van der Waals surface area (Å²) in [4.78, 5) is 0. The second-order valence-corrected chi connectivity index (χ2v) is 7.98. The normalized spacial score (nSPS) is 20.5. The molecule has 1 saturated heterocycles. The van der Waals surface area contributed by atoms with Crippen molar-refractivity contribution in [3.05, 3.63) is 0 Å². The highest BCUT2D eigenvalue weighted by Gasteiger charge is 2.38. The molecule has 0 radical (unpaired) electrons. The van der Waals surface area contributed by atoms with Crippen LogP contribution in [0.15, 0.2) is 0 Å². The van der Waals surface area contributed by atoms with Crippen molar-refractivity contribution in [3.8, 4) is 0 Å². The molecule has 19 heavy (non-hydrogen) atoms. The molecule has 0 aromatic heterocycles. The van der Waals surface area contributed by atoms with Gasteiger partial charge in [0, 0.05) is 27.4 Å². The van der Waals surface area contributed by atoms with Gasteiger partial charge in [-0.15, -0.1) is 0 Å². The average Bonchev–Trinajstić information content (AvgIpc) is 3.27. The molecule has 1 aliphatic heterocycles. The summed E-state index contributed by atoms with van der Waals surface area (Å²) < 4.78 is 27.4. The van der Waals surface area contributed by atoms with E-state index >= 15 is 0 Å². The fraction of sp³-hybridized carbons (Fsp3) is 1.00. The molecule has 0 amide bonds. The quantitative estimate of drug-likeness (QED) is 0.408. The van der Waals surface area contributed by atoms with Crippen LogP contribution in [0.4, 0.5) is 0 Å². The first-order chi connectivity index (χ1) is 9.19. The summed E-state index contributed by atoms with van der Waals surface area (Å²) in [7, 11) is 2.48. The zero-order valence-corrected chi connectivity index (χ0v) is 13.6. The topological polar surface area (TPSA) is 49.5 Å². The van der Waals surface area contributed by atoms with Gasteiger partial charge in [-0.2, -0.15) is 0 Å². The first-order valence-electron chi connectivity index (χ1n) is 7.08. The Kier molecular flexibility index (Phi) is 8.13. The fourth-order valence-corrected chi connectivity index (χ4v) is 3.83. The number of hydrogen-bond donors (Lipinski definition) is 0. The minimum atomic E-state index is -2.47. The second-order valence-electron chi connectivity index (χ2n) is 4.89. The lowest BCUT2D eigenvalue weighted by Gasteiger charge is -2.26. The Balaban J connectivity index is 2.35. The van der Waals surface area contributed by atoms with E-state index in [1.165, 1.54) is 12.8 Å². The van der Waals surface area contributed by atoms with Crippen LogP contribution in [-0.2, 0) is 22.8 Å². The molecule has 0 aromatic carbocycles. The summed E-state index contributed by atoms with van der Waals surface area (Å²) in [5, 5.41) is 0. The first-order valence-corrected chi connectivity index (χ1v) is 9.01. The molecule has 114 valence electrons. The summed E-state index contributed by atoms with van der Waals surface area (Å²) in [6, 6.07) is 0.788. The predicted molar refractivity (Wildman–Crippen MR) is 75.2 cm³/mol. The van der Waals surface area contributed by atoms with Gasteiger partial charge in [0.1, 0.15) is 6.10 Å². The summed E-state index contributed by atoms with van der Waals surface area (Å²) in [6.45, 7) is 3.74. The third-order valence-corrected chi connectivity index (χ3v) is 6.27. The average molecular weight is 292 g/mol. The van der Waals surface area contributed by atoms with Crippen LogP contribution >= 0.6 is 0 Å². The van der Waals surface area contributed by atoms with Gasteiger partial charge in [0.2, 0.25) is 0 Å². The highest BCUT2D eigenvalue weighted by atomic mass is 28.4. The molecule has 1 heterocycles. The molecule has 2 unspecified atom stereocenters. The molecule has 0 saturated carbocycles. The summed E-state index contributed by atoms with van der Waals surface area (Å²) in [6.07, 6.45) is 4.91. The van der Waals surface area contributed by atoms with E-state index < -0.39 is 8.80 Å². The number of unbranched alkanes of at least 4 members (excludes halogenated alkanes) is 1. The van der Waals surface area contributed by atoms with Crippen LogP contribution < -0.4 is 0 Å². The van der Waals surface area contributed by atoms with Crippen molar-refractivity contribution in [2.75, 3.05) is 34.5 Å². The molecule has 5 nitrogen and oxygen atoms in total. The van der Waals surface area contributed by atoms with E-state index in [0.29, 0.717) is 12.7 Å². The molecular formula is C13H28O5Si. The van der Waals surface area contributed by atoms with Crippen molar-refractivity contribution >= 4 is 8.80 Å². The standard InChI is InChI=1S/C13H28O5Si/c1-5-6-7-12(17-10-13-11-18-13)8-9-19(14-2,15-3)16-4/h12-13H,5-11H2,1-4H3. The van der Waals surface area contributed by atoms with Crippen LogP contribution in [0.5, 0.6) is 0 Å². The lowest BCUT2D eigenvalue weighted by molar-refractivity contribution is 0.0287. The molecule has 0 spiro atoms. The first kappa shape index (κ1) is 17.1. The van der Waals surface area contributed by atoms with E-state index in [0.717, 1.165) is 25.5 Å². The summed E-state index contributed by atoms with van der Waals surface area (Å²) in [5.41, 5.74) is 0. The van der Waals surface area contributed by atoms with Crippen molar-refractivity contribution < 1.29 is 22.8 Å². The molecule has 0 N–H and O–H groups in total. The third-order valence-electron chi connectivity index (χ3n) is 3.51. The maximum Gasteiger partial charge on any atom is 0.500 e. The van der Waals surface area contributed by atoms with E-state index in [4.69, 9.17) is 22.8 Å². The largest absolute Gasteiger partial charge is 0.500 e. The van der Waals surface area contributed by atoms with Crippen LogP contribution in [-0.4, -0.2) is 55.6 Å². The van der Waals surface area contributed by atoms with E-state index in [2.05, 4.69) is 6.92 Å². The van der Waals surface area contributed by atoms with Crippen molar-refractivity contribution in [1.29, 1.82) is 0 Å². The van der Waals surface area contributed by atoms with Gasteiger partial charge in [-0.1, -0.05) is 19.8 Å². The third kappa shape index (κ3) is 6.33. The molecule has 0 aromatic rings. The molecule has 1 aliphatic rings. The van der Waals surface area contributed by atoms with Gasteiger partial charge >= 0.3 is 8.80 Å². The van der Waals surface area contributed by atoms with Gasteiger partial charge < -0.3 is 22.8 Å². The molecule has 6 heteroatoms. The monoisotopic (exact) mass is 292 g/mol. The predicted octanol–water partition coefficient (Wildman–Crippen LogP) is 2.23. The SMILES string of the molecule is CCCCC(CC[Si](OC)(OC)OC)OCC1CO1. The molecule has 2 atom stereocenters. The molecular weight excluding hydrogens is 264 g/mol. The summed E-state index contributed by atoms with van der Waals surface area (Å²) in [5.74, 6) is 0. The Morgan fingerprint density at radius 3 is 2.26 bits per heavy atom. The number of epoxide rings is 1. The van der Waals surface area contributed by atoms with Crippen molar-refractivity contribution in [2.45, 2.75) is 50.9 Å². The lowest BCUT2D eigenvalue weighted by atomic mass is 10.1. The van der Waals surface area contributed by atoms with E-state index in [1.54, 1.807) is 21.3 Å². The minimum absolute atomic E-state index is 0.247. The van der Waals surface area contributed by atoms with Crippen LogP contribution in [0.25, 0.3) is 0 Å². The number of ether oxygens (including phenoxy) is 2. The maximum atomic E-state index is 5.93. The van der Waals surface area contributed by atoms with E-state index in [-0.39, 0.29) is 6.10 Å². The number of rotatable bonds is 12. The Bertz CT molecular complexity index is 223. The highest BCUT2D eigenvalue weighted by molar-refractivity contribution is 6.60. The van der Waals surface area contributed by atoms with Gasteiger partial charge in [0.25, 0.3) is 0 Å². The second kappa shape index (κ2) is 9.04. The number of hydrogen-bond acceptors (Lipinski definition) is 5. The van der Waals surface area contributed by atoms with Crippen LogP contribution in [0, 0.1) is 0 Å². The van der Waals surface area contributed by atoms with Crippen LogP contribution in [0.1, 0.15) is 32.6 Å². The van der Waals surface area contributed by atoms with Gasteiger partial charge in [-0.25, -0.2) is 0 Å². The minimum Gasteiger partial charge on any atom is -0.377 e. The summed E-state index contributed by atoms with van der Waals surface area (Å²) >= 11 is 0. The highest BCUT2D eigenvalue weighted by Crippen LogP contribution is 2.21. The maximum absolute atomic E-state index is 5.93. The van der Waals surface area contributed by atoms with Gasteiger partial charge in [0.05, 0.1) is 19.3 Å². The van der Waals surface area contributed by atoms with Crippen LogP contribution in [0.2, 0.25) is 6.04 Å². The Morgan fingerprint density at radius 2 is 1.79 bits per heavy atom. The van der Waals surface area contributed by atoms with Gasteiger partial charge in [-0.05, 0) is 12.8 Å². The van der Waals surface area contributed by atoms with Crippen molar-refractivity contribution in [3.63, 3.8) is 0 Å². The van der Waals surface area contributed by atoms with Crippen molar-refractivity contribution in [1.82, 2.24) is 0 Å². The Labute approximate surface area is 117 Å². The molecule has 1 fully saturated rings. The van der Waals surface area contributed by atoms with Gasteiger partial charge in [-0.3, -0.25) is 0 Å².